The van der Waals surface area contributed by atoms with Crippen LogP contribution in [0.25, 0.3) is 0 Å². The summed E-state index contributed by atoms with van der Waals surface area (Å²) < 4.78 is 31.9. The number of hydrogen-bond donors (Lipinski definition) is 0. The number of aromatic nitrogens is 2. The third-order valence-electron chi connectivity index (χ3n) is 6.57. The SMILES string of the molecule is CC1(N2C(=O)C3C(c4nc(C5CCOC5)no4)N=CN3c3cccc(F)c32)CCCO1. The number of ether oxygens (including phenoxy) is 2. The largest absolute Gasteiger partial charge is 0.381 e. The fourth-order valence-corrected chi connectivity index (χ4v) is 4.97. The third-order valence-corrected chi connectivity index (χ3v) is 6.57. The van der Waals surface area contributed by atoms with Crippen molar-refractivity contribution < 1.29 is 23.2 Å². The summed E-state index contributed by atoms with van der Waals surface area (Å²) in [6.07, 6.45) is 3.81. The van der Waals surface area contributed by atoms with Crippen molar-refractivity contribution in [2.24, 2.45) is 4.99 Å². The van der Waals surface area contributed by atoms with Gasteiger partial charge in [0.15, 0.2) is 11.9 Å². The maximum atomic E-state index is 15.0. The standard InChI is InChI=1S/C21H22FN5O4/c1-21(7-3-8-30-21)27-16-13(22)4-2-5-14(16)26-11-23-15(17(26)20(27)28)19-24-18(25-31-19)12-6-9-29-10-12/h2,4-5,11-12,15,17H,3,6-10H2,1H3. The monoisotopic (exact) mass is 427 g/mol. The van der Waals surface area contributed by atoms with Crippen molar-refractivity contribution in [1.29, 1.82) is 0 Å². The van der Waals surface area contributed by atoms with Gasteiger partial charge >= 0.3 is 0 Å². The van der Waals surface area contributed by atoms with Gasteiger partial charge in [0.2, 0.25) is 0 Å². The first-order valence-corrected chi connectivity index (χ1v) is 10.6. The van der Waals surface area contributed by atoms with Crippen molar-refractivity contribution in [1.82, 2.24) is 10.1 Å². The van der Waals surface area contributed by atoms with Crippen LogP contribution in [-0.4, -0.2) is 54.0 Å². The zero-order valence-electron chi connectivity index (χ0n) is 17.0. The van der Waals surface area contributed by atoms with Gasteiger partial charge in [-0.3, -0.25) is 14.7 Å². The fraction of sp³-hybridized carbons (Fsp3) is 0.524. The summed E-state index contributed by atoms with van der Waals surface area (Å²) in [5.41, 5.74) is -0.139. The summed E-state index contributed by atoms with van der Waals surface area (Å²) in [4.78, 5) is 26.0. The van der Waals surface area contributed by atoms with Crippen LogP contribution < -0.4 is 9.80 Å². The maximum absolute atomic E-state index is 15.0. The molecule has 1 amide bonds. The molecule has 2 aromatic rings. The van der Waals surface area contributed by atoms with Gasteiger partial charge < -0.3 is 18.9 Å². The number of hydrogen-bond acceptors (Lipinski definition) is 8. The van der Waals surface area contributed by atoms with Crippen LogP contribution in [0.4, 0.5) is 15.8 Å². The quantitative estimate of drug-likeness (QED) is 0.743. The topological polar surface area (TPSA) is 93.3 Å². The molecular weight excluding hydrogens is 405 g/mol. The van der Waals surface area contributed by atoms with Crippen LogP contribution in [0.2, 0.25) is 0 Å². The number of carbonyl (C=O) groups is 1. The lowest BCUT2D eigenvalue weighted by Gasteiger charge is -2.45. The molecule has 4 aliphatic rings. The van der Waals surface area contributed by atoms with Gasteiger partial charge in [-0.25, -0.2) is 4.39 Å². The molecule has 0 aliphatic carbocycles. The molecule has 0 spiro atoms. The molecule has 0 bridgehead atoms. The molecule has 5 heterocycles. The van der Waals surface area contributed by atoms with Crippen LogP contribution in [0.15, 0.2) is 27.7 Å². The van der Waals surface area contributed by atoms with Crippen LogP contribution in [0, 0.1) is 5.82 Å². The molecule has 31 heavy (non-hydrogen) atoms. The van der Waals surface area contributed by atoms with Gasteiger partial charge in [-0.1, -0.05) is 11.2 Å². The Kier molecular flexibility index (Phi) is 4.16. The Morgan fingerprint density at radius 1 is 1.29 bits per heavy atom. The maximum Gasteiger partial charge on any atom is 0.255 e. The van der Waals surface area contributed by atoms with Gasteiger partial charge in [0.25, 0.3) is 11.8 Å². The van der Waals surface area contributed by atoms with E-state index in [4.69, 9.17) is 14.0 Å². The Morgan fingerprint density at radius 3 is 2.97 bits per heavy atom. The molecular formula is C21H22FN5O4. The second-order valence-corrected chi connectivity index (χ2v) is 8.52. The minimum absolute atomic E-state index is 0.0816. The minimum Gasteiger partial charge on any atom is -0.381 e. The third kappa shape index (κ3) is 2.74. The zero-order valence-corrected chi connectivity index (χ0v) is 17.0. The molecule has 9 nitrogen and oxygen atoms in total. The van der Waals surface area contributed by atoms with E-state index in [1.807, 2.05) is 6.92 Å². The second-order valence-electron chi connectivity index (χ2n) is 8.52. The highest BCUT2D eigenvalue weighted by atomic mass is 19.1. The van der Waals surface area contributed by atoms with Gasteiger partial charge in [-0.2, -0.15) is 4.98 Å². The summed E-state index contributed by atoms with van der Waals surface area (Å²) in [5, 5.41) is 4.11. The lowest BCUT2D eigenvalue weighted by molar-refractivity contribution is -0.125. The Hall–Kier alpha value is -2.85. The van der Waals surface area contributed by atoms with Crippen LogP contribution in [0.1, 0.15) is 49.9 Å². The molecule has 0 radical (unpaired) electrons. The molecule has 4 unspecified atom stereocenters. The van der Waals surface area contributed by atoms with Crippen LogP contribution in [0.3, 0.4) is 0 Å². The Balaban J connectivity index is 1.41. The van der Waals surface area contributed by atoms with Crippen molar-refractivity contribution in [3.05, 3.63) is 35.7 Å². The van der Waals surface area contributed by atoms with Gasteiger partial charge in [0, 0.05) is 19.1 Å². The molecule has 0 saturated carbocycles. The summed E-state index contributed by atoms with van der Waals surface area (Å²) >= 11 is 0. The summed E-state index contributed by atoms with van der Waals surface area (Å²) in [5.74, 6) is 0.154. The van der Waals surface area contributed by atoms with E-state index in [0.717, 1.165) is 12.8 Å². The molecule has 1 aromatic heterocycles. The molecule has 10 heteroatoms. The number of rotatable bonds is 3. The van der Waals surface area contributed by atoms with E-state index < -0.39 is 23.6 Å². The number of carbonyl (C=O) groups excluding carboxylic acids is 1. The first-order valence-electron chi connectivity index (χ1n) is 10.6. The summed E-state index contributed by atoms with van der Waals surface area (Å²) in [6, 6.07) is 3.34. The minimum atomic E-state index is -0.922. The van der Waals surface area contributed by atoms with E-state index >= 15 is 0 Å². The molecule has 162 valence electrons. The fourth-order valence-electron chi connectivity index (χ4n) is 4.97. The van der Waals surface area contributed by atoms with E-state index in [-0.39, 0.29) is 23.4 Å². The lowest BCUT2D eigenvalue weighted by Crippen LogP contribution is -2.60. The van der Waals surface area contributed by atoms with Crippen LogP contribution in [-0.2, 0) is 14.3 Å². The molecule has 4 atom stereocenters. The van der Waals surface area contributed by atoms with Gasteiger partial charge in [0.05, 0.1) is 18.6 Å². The Labute approximate surface area is 177 Å². The van der Waals surface area contributed by atoms with Gasteiger partial charge in [-0.15, -0.1) is 0 Å². The van der Waals surface area contributed by atoms with Crippen molar-refractivity contribution in [3.63, 3.8) is 0 Å². The molecule has 1 aromatic carbocycles. The number of benzene rings is 1. The highest BCUT2D eigenvalue weighted by Gasteiger charge is 2.54. The number of anilines is 2. The number of fused-ring (bicyclic) bond motifs is 3. The average Bonchev–Trinajstić information content (AvgIpc) is 3.54. The molecule has 2 fully saturated rings. The second kappa shape index (κ2) is 6.83. The highest BCUT2D eigenvalue weighted by Crippen LogP contribution is 2.48. The number of para-hydroxylation sites is 1. The number of aliphatic imine (C=N–C) groups is 1. The van der Waals surface area contributed by atoms with Crippen molar-refractivity contribution >= 4 is 23.6 Å². The van der Waals surface area contributed by atoms with Crippen LogP contribution in [0.5, 0.6) is 0 Å². The Morgan fingerprint density at radius 2 is 2.19 bits per heavy atom. The van der Waals surface area contributed by atoms with E-state index in [2.05, 4.69) is 15.1 Å². The normalized spacial score (nSPS) is 32.1. The first kappa shape index (κ1) is 18.9. The molecule has 6 rings (SSSR count). The molecule has 0 N–H and O–H groups in total. The van der Waals surface area contributed by atoms with E-state index in [9.17, 15) is 9.18 Å². The highest BCUT2D eigenvalue weighted by molar-refractivity contribution is 6.12. The summed E-state index contributed by atoms with van der Waals surface area (Å²) in [7, 11) is 0. The van der Waals surface area contributed by atoms with E-state index in [0.29, 0.717) is 37.8 Å². The lowest BCUT2D eigenvalue weighted by atomic mass is 9.97. The van der Waals surface area contributed by atoms with Crippen molar-refractivity contribution in [2.45, 2.75) is 49.9 Å². The van der Waals surface area contributed by atoms with E-state index in [1.54, 1.807) is 23.4 Å². The molecule has 2 saturated heterocycles. The smallest absolute Gasteiger partial charge is 0.255 e. The van der Waals surface area contributed by atoms with Gasteiger partial charge in [0.1, 0.15) is 23.3 Å². The predicted molar refractivity (Wildman–Crippen MR) is 107 cm³/mol. The number of nitrogens with zero attached hydrogens (tertiary/aromatic N) is 5. The predicted octanol–water partition coefficient (Wildman–Crippen LogP) is 2.54. The number of halogens is 1. The zero-order chi connectivity index (χ0) is 21.2. The van der Waals surface area contributed by atoms with Crippen LogP contribution >= 0.6 is 0 Å². The summed E-state index contributed by atoms with van der Waals surface area (Å²) in [6.45, 7) is 3.58. The van der Waals surface area contributed by atoms with Crippen molar-refractivity contribution in [3.8, 4) is 0 Å². The Bertz CT molecular complexity index is 1060. The molecule has 4 aliphatic heterocycles. The first-order chi connectivity index (χ1) is 15.1. The number of amides is 1. The van der Waals surface area contributed by atoms with Crippen molar-refractivity contribution in [2.75, 3.05) is 29.6 Å². The van der Waals surface area contributed by atoms with Gasteiger partial charge in [-0.05, 0) is 38.3 Å². The van der Waals surface area contributed by atoms with E-state index in [1.165, 1.54) is 11.0 Å². The average molecular weight is 427 g/mol.